The van der Waals surface area contributed by atoms with Crippen molar-refractivity contribution in [1.29, 1.82) is 0 Å². The van der Waals surface area contributed by atoms with Crippen molar-refractivity contribution in [3.63, 3.8) is 0 Å². The van der Waals surface area contributed by atoms with Gasteiger partial charge in [0.15, 0.2) is 0 Å². The van der Waals surface area contributed by atoms with Gasteiger partial charge in [0.2, 0.25) is 5.91 Å². The summed E-state index contributed by atoms with van der Waals surface area (Å²) in [5.74, 6) is 0.127. The molecule has 1 N–H and O–H groups in total. The summed E-state index contributed by atoms with van der Waals surface area (Å²) < 4.78 is 0. The topological polar surface area (TPSA) is 49.4 Å². The Balaban J connectivity index is 1.48. The number of hydrogen-bond acceptors (Lipinski definition) is 2. The van der Waals surface area contributed by atoms with Crippen LogP contribution < -0.4 is 5.32 Å². The van der Waals surface area contributed by atoms with Crippen LogP contribution in [-0.4, -0.2) is 29.8 Å². The highest BCUT2D eigenvalue weighted by molar-refractivity contribution is 6.30. The number of amides is 2. The lowest BCUT2D eigenvalue weighted by Gasteiger charge is -2.15. The summed E-state index contributed by atoms with van der Waals surface area (Å²) in [7, 11) is 0. The van der Waals surface area contributed by atoms with E-state index in [9.17, 15) is 9.59 Å². The van der Waals surface area contributed by atoms with E-state index >= 15 is 0 Å². The number of carbonyl (C=O) groups is 2. The summed E-state index contributed by atoms with van der Waals surface area (Å²) >= 11 is 5.86. The van der Waals surface area contributed by atoms with Gasteiger partial charge in [0, 0.05) is 36.6 Å². The molecule has 130 valence electrons. The molecule has 0 radical (unpaired) electrons. The zero-order valence-corrected chi connectivity index (χ0v) is 14.8. The van der Waals surface area contributed by atoms with E-state index in [1.807, 2.05) is 53.4 Å². The summed E-state index contributed by atoms with van der Waals surface area (Å²) in [5.41, 5.74) is 2.82. The molecule has 3 rings (SSSR count). The van der Waals surface area contributed by atoms with Crippen molar-refractivity contribution < 1.29 is 9.59 Å². The first-order chi connectivity index (χ1) is 12.1. The number of hydrogen-bond donors (Lipinski definition) is 1. The van der Waals surface area contributed by atoms with Crippen molar-refractivity contribution in [2.45, 2.75) is 25.8 Å². The van der Waals surface area contributed by atoms with E-state index in [0.29, 0.717) is 30.1 Å². The molecule has 1 aliphatic heterocycles. The zero-order valence-electron chi connectivity index (χ0n) is 14.0. The second kappa shape index (κ2) is 8.17. The maximum Gasteiger partial charge on any atom is 0.251 e. The van der Waals surface area contributed by atoms with Crippen molar-refractivity contribution in [2.75, 3.05) is 13.1 Å². The monoisotopic (exact) mass is 356 g/mol. The molecule has 2 amide bonds. The Morgan fingerprint density at radius 1 is 1.04 bits per heavy atom. The molecule has 1 fully saturated rings. The van der Waals surface area contributed by atoms with Crippen LogP contribution in [-0.2, 0) is 17.8 Å². The van der Waals surface area contributed by atoms with Crippen LogP contribution in [0.1, 0.15) is 34.3 Å². The number of benzene rings is 2. The Kier molecular flexibility index (Phi) is 5.71. The lowest BCUT2D eigenvalue weighted by atomic mass is 10.1. The van der Waals surface area contributed by atoms with Crippen LogP contribution in [0.2, 0.25) is 5.02 Å². The third-order valence-electron chi connectivity index (χ3n) is 4.37. The van der Waals surface area contributed by atoms with Gasteiger partial charge in [-0.2, -0.15) is 0 Å². The van der Waals surface area contributed by atoms with Crippen LogP contribution >= 0.6 is 11.6 Å². The van der Waals surface area contributed by atoms with Gasteiger partial charge in [-0.1, -0.05) is 35.9 Å². The van der Waals surface area contributed by atoms with Gasteiger partial charge < -0.3 is 10.2 Å². The smallest absolute Gasteiger partial charge is 0.251 e. The molecule has 0 spiro atoms. The number of nitrogens with one attached hydrogen (secondary N) is 1. The van der Waals surface area contributed by atoms with Crippen LogP contribution in [0.5, 0.6) is 0 Å². The molecular weight excluding hydrogens is 336 g/mol. The second-order valence-corrected chi connectivity index (χ2v) is 6.68. The highest BCUT2D eigenvalue weighted by Crippen LogP contribution is 2.15. The number of halogens is 1. The molecule has 2 aromatic rings. The quantitative estimate of drug-likeness (QED) is 0.862. The van der Waals surface area contributed by atoms with Gasteiger partial charge in [-0.25, -0.2) is 0 Å². The highest BCUT2D eigenvalue weighted by atomic mass is 35.5. The van der Waals surface area contributed by atoms with Crippen LogP contribution in [0.15, 0.2) is 48.5 Å². The van der Waals surface area contributed by atoms with Gasteiger partial charge in [-0.05, 0) is 48.2 Å². The first kappa shape index (κ1) is 17.5. The maximum absolute atomic E-state index is 12.2. The number of likely N-dealkylation sites (tertiary alicyclic amines) is 1. The third-order valence-corrected chi connectivity index (χ3v) is 4.63. The lowest BCUT2D eigenvalue weighted by Crippen LogP contribution is -2.26. The van der Waals surface area contributed by atoms with E-state index in [1.54, 1.807) is 0 Å². The Morgan fingerprint density at radius 3 is 2.36 bits per heavy atom. The molecule has 25 heavy (non-hydrogen) atoms. The Hall–Kier alpha value is -2.33. The molecule has 4 nitrogen and oxygen atoms in total. The fraction of sp³-hybridized carbons (Fsp3) is 0.300. The fourth-order valence-electron chi connectivity index (χ4n) is 2.93. The van der Waals surface area contributed by atoms with E-state index < -0.39 is 0 Å². The van der Waals surface area contributed by atoms with E-state index in [4.69, 9.17) is 11.6 Å². The third kappa shape index (κ3) is 4.83. The maximum atomic E-state index is 12.2. The van der Waals surface area contributed by atoms with E-state index in [-0.39, 0.29) is 11.8 Å². The average molecular weight is 357 g/mol. The first-order valence-corrected chi connectivity index (χ1v) is 8.89. The van der Waals surface area contributed by atoms with Gasteiger partial charge in [0.05, 0.1) is 0 Å². The van der Waals surface area contributed by atoms with Crippen molar-refractivity contribution in [2.24, 2.45) is 0 Å². The van der Waals surface area contributed by atoms with E-state index in [1.165, 1.54) is 0 Å². The van der Waals surface area contributed by atoms with Crippen molar-refractivity contribution in [1.82, 2.24) is 10.2 Å². The standard InChI is InChI=1S/C20H21ClN2O2/c21-18-9-5-15(6-10-18)11-12-22-20(25)17-7-3-16(4-8-17)14-23-13-1-2-19(23)24/h3-10H,1-2,11-14H2,(H,22,25). The second-order valence-electron chi connectivity index (χ2n) is 6.25. The Morgan fingerprint density at radius 2 is 1.72 bits per heavy atom. The molecule has 0 saturated carbocycles. The van der Waals surface area contributed by atoms with Gasteiger partial charge in [-0.15, -0.1) is 0 Å². The van der Waals surface area contributed by atoms with Crippen molar-refractivity contribution in [3.05, 3.63) is 70.2 Å². The predicted molar refractivity (Wildman–Crippen MR) is 98.6 cm³/mol. The molecule has 0 atom stereocenters. The molecule has 5 heteroatoms. The van der Waals surface area contributed by atoms with Crippen molar-refractivity contribution >= 4 is 23.4 Å². The number of carbonyl (C=O) groups excluding carboxylic acids is 2. The Labute approximate surface area is 152 Å². The molecule has 2 aromatic carbocycles. The highest BCUT2D eigenvalue weighted by Gasteiger charge is 2.19. The normalized spacial score (nSPS) is 14.0. The van der Waals surface area contributed by atoms with Gasteiger partial charge in [0.25, 0.3) is 5.91 Å². The van der Waals surface area contributed by atoms with Crippen LogP contribution in [0.25, 0.3) is 0 Å². The lowest BCUT2D eigenvalue weighted by molar-refractivity contribution is -0.128. The summed E-state index contributed by atoms with van der Waals surface area (Å²) in [6, 6.07) is 15.1. The minimum atomic E-state index is -0.0854. The molecule has 0 unspecified atom stereocenters. The molecule has 1 saturated heterocycles. The predicted octanol–water partition coefficient (Wildman–Crippen LogP) is 3.43. The molecule has 1 heterocycles. The molecule has 0 aliphatic carbocycles. The minimum absolute atomic E-state index is 0.0854. The van der Waals surface area contributed by atoms with E-state index in [2.05, 4.69) is 5.32 Å². The first-order valence-electron chi connectivity index (χ1n) is 8.51. The van der Waals surface area contributed by atoms with Crippen molar-refractivity contribution in [3.8, 4) is 0 Å². The summed E-state index contributed by atoms with van der Waals surface area (Å²) in [5, 5.41) is 3.64. The van der Waals surface area contributed by atoms with Gasteiger partial charge in [0.1, 0.15) is 0 Å². The number of nitrogens with zero attached hydrogens (tertiary/aromatic N) is 1. The van der Waals surface area contributed by atoms with Gasteiger partial charge in [-0.3, -0.25) is 9.59 Å². The van der Waals surface area contributed by atoms with Crippen LogP contribution in [0.3, 0.4) is 0 Å². The molecular formula is C20H21ClN2O2. The summed E-state index contributed by atoms with van der Waals surface area (Å²) in [6.45, 7) is 2.02. The molecule has 0 bridgehead atoms. The molecule has 0 aromatic heterocycles. The summed E-state index contributed by atoms with van der Waals surface area (Å²) in [4.78, 5) is 25.7. The fourth-order valence-corrected chi connectivity index (χ4v) is 3.05. The minimum Gasteiger partial charge on any atom is -0.352 e. The van der Waals surface area contributed by atoms with Gasteiger partial charge >= 0.3 is 0 Å². The average Bonchev–Trinajstić information content (AvgIpc) is 3.02. The van der Waals surface area contributed by atoms with Crippen LogP contribution in [0.4, 0.5) is 0 Å². The molecule has 1 aliphatic rings. The van der Waals surface area contributed by atoms with Crippen LogP contribution in [0, 0.1) is 0 Å². The Bertz CT molecular complexity index is 741. The number of rotatable bonds is 6. The zero-order chi connectivity index (χ0) is 17.6. The summed E-state index contributed by atoms with van der Waals surface area (Å²) in [6.07, 6.45) is 2.35. The van der Waals surface area contributed by atoms with E-state index in [0.717, 1.165) is 30.5 Å². The largest absolute Gasteiger partial charge is 0.352 e. The SMILES string of the molecule is O=C(NCCc1ccc(Cl)cc1)c1ccc(CN2CCCC2=O)cc1.